The van der Waals surface area contributed by atoms with E-state index in [-0.39, 0.29) is 19.8 Å². The van der Waals surface area contributed by atoms with Crippen LogP contribution in [-0.4, -0.2) is 48.8 Å². The third-order valence-electron chi connectivity index (χ3n) is 7.25. The minimum absolute atomic E-state index is 0.137. The van der Waals surface area contributed by atoms with Gasteiger partial charge in [0.25, 0.3) is 0 Å². The molecule has 0 saturated carbocycles. The van der Waals surface area contributed by atoms with Gasteiger partial charge >= 0.3 is 0 Å². The first-order valence-corrected chi connectivity index (χ1v) is 14.1. The van der Waals surface area contributed by atoms with Gasteiger partial charge in [0, 0.05) is 0 Å². The molecule has 0 aliphatic carbocycles. The minimum atomic E-state index is -1.13. The molecule has 4 atom stereocenters. The molecule has 4 aromatic carbocycles. The Kier molecular flexibility index (Phi) is 10.7. The Morgan fingerprint density at radius 2 is 1.00 bits per heavy atom. The second-order valence-electron chi connectivity index (χ2n) is 10.3. The molecular weight excluding hydrogens is 516 g/mol. The van der Waals surface area contributed by atoms with Crippen molar-refractivity contribution in [3.8, 4) is 0 Å². The van der Waals surface area contributed by atoms with Crippen molar-refractivity contribution < 1.29 is 28.8 Å². The lowest BCUT2D eigenvalue weighted by Crippen LogP contribution is -2.51. The lowest BCUT2D eigenvalue weighted by Gasteiger charge is -2.33. The molecule has 1 aliphatic heterocycles. The number of ether oxygens (including phenoxy) is 5. The highest BCUT2D eigenvalue weighted by Crippen LogP contribution is 2.37. The van der Waals surface area contributed by atoms with Gasteiger partial charge in [-0.2, -0.15) is 0 Å². The molecule has 1 fully saturated rings. The number of aliphatic hydroxyl groups is 1. The molecule has 0 bridgehead atoms. The van der Waals surface area contributed by atoms with Crippen molar-refractivity contribution in [1.82, 2.24) is 0 Å². The zero-order valence-electron chi connectivity index (χ0n) is 23.2. The fraction of sp³-hybridized carbons (Fsp3) is 0.314. The largest absolute Gasteiger partial charge is 0.393 e. The average Bonchev–Trinajstić information content (AvgIpc) is 3.33. The summed E-state index contributed by atoms with van der Waals surface area (Å²) in [5.74, 6) is 0. The van der Waals surface area contributed by atoms with E-state index >= 15 is 0 Å². The molecule has 1 N–H and O–H groups in total. The first kappa shape index (κ1) is 29.1. The van der Waals surface area contributed by atoms with E-state index < -0.39 is 23.9 Å². The second-order valence-corrected chi connectivity index (χ2v) is 10.3. The minimum Gasteiger partial charge on any atom is -0.393 e. The second kappa shape index (κ2) is 15.0. The Hall–Kier alpha value is -3.36. The van der Waals surface area contributed by atoms with Crippen molar-refractivity contribution in [3.63, 3.8) is 0 Å². The maximum Gasteiger partial charge on any atom is 0.144 e. The van der Waals surface area contributed by atoms with Gasteiger partial charge in [0.2, 0.25) is 0 Å². The molecule has 214 valence electrons. The smallest absolute Gasteiger partial charge is 0.144 e. The van der Waals surface area contributed by atoms with Crippen molar-refractivity contribution in [2.24, 2.45) is 0 Å². The summed E-state index contributed by atoms with van der Waals surface area (Å²) < 4.78 is 32.0. The Balaban J connectivity index is 1.36. The summed E-state index contributed by atoms with van der Waals surface area (Å²) in [6, 6.07) is 40.0. The molecule has 1 saturated heterocycles. The summed E-state index contributed by atoms with van der Waals surface area (Å²) >= 11 is 0. The number of hydrogen-bond donors (Lipinski definition) is 1. The van der Waals surface area contributed by atoms with Crippen LogP contribution < -0.4 is 0 Å². The molecule has 0 unspecified atom stereocenters. The monoisotopic (exact) mass is 554 g/mol. The normalized spacial score (nSPS) is 22.1. The molecule has 6 heteroatoms. The van der Waals surface area contributed by atoms with E-state index in [9.17, 15) is 5.11 Å². The van der Waals surface area contributed by atoms with Gasteiger partial charge < -0.3 is 28.8 Å². The lowest BCUT2D eigenvalue weighted by atomic mass is 9.95. The fourth-order valence-electron chi connectivity index (χ4n) is 5.10. The van der Waals surface area contributed by atoms with Crippen LogP contribution in [0.1, 0.15) is 22.3 Å². The molecule has 41 heavy (non-hydrogen) atoms. The van der Waals surface area contributed by atoms with E-state index in [1.165, 1.54) is 0 Å². The molecule has 0 amide bonds. The quantitative estimate of drug-likeness (QED) is 0.203. The summed E-state index contributed by atoms with van der Waals surface area (Å²) in [6.07, 6.45) is -1.57. The maximum absolute atomic E-state index is 10.8. The van der Waals surface area contributed by atoms with Crippen LogP contribution in [-0.2, 0) is 50.1 Å². The van der Waals surface area contributed by atoms with E-state index in [1.54, 1.807) is 0 Å². The molecule has 4 aromatic rings. The van der Waals surface area contributed by atoms with Crippen LogP contribution in [0.15, 0.2) is 121 Å². The van der Waals surface area contributed by atoms with Crippen LogP contribution >= 0.6 is 0 Å². The molecule has 1 heterocycles. The van der Waals surface area contributed by atoms with Gasteiger partial charge in [0.1, 0.15) is 23.9 Å². The van der Waals surface area contributed by atoms with Gasteiger partial charge in [0.15, 0.2) is 0 Å². The average molecular weight is 555 g/mol. The Morgan fingerprint density at radius 3 is 1.49 bits per heavy atom. The number of aliphatic hydroxyl groups excluding tert-OH is 1. The Morgan fingerprint density at radius 1 is 0.561 bits per heavy atom. The van der Waals surface area contributed by atoms with Crippen LogP contribution in [0.5, 0.6) is 0 Å². The third kappa shape index (κ3) is 8.11. The molecule has 0 radical (unpaired) electrons. The first-order valence-electron chi connectivity index (χ1n) is 14.1. The van der Waals surface area contributed by atoms with E-state index in [4.69, 9.17) is 23.7 Å². The number of benzene rings is 4. The van der Waals surface area contributed by atoms with Gasteiger partial charge in [-0.1, -0.05) is 121 Å². The van der Waals surface area contributed by atoms with Gasteiger partial charge in [-0.15, -0.1) is 0 Å². The molecule has 5 rings (SSSR count). The molecule has 0 spiro atoms. The van der Waals surface area contributed by atoms with Gasteiger partial charge in [-0.05, 0) is 22.3 Å². The standard InChI is InChI=1S/C35H38O6/c36-26-35(27-38-22-29-15-7-2-8-16-29)34(40-24-31-19-11-4-12-20-31)33(39-23-30-17-9-3-10-18-30)32(41-35)25-37-21-28-13-5-1-6-14-28/h1-20,32-34,36H,21-27H2/t32-,33-,34+,35-/m1/s1. The van der Waals surface area contributed by atoms with Crippen molar-refractivity contribution in [2.45, 2.75) is 50.3 Å². The van der Waals surface area contributed by atoms with Crippen molar-refractivity contribution >= 4 is 0 Å². The summed E-state index contributed by atoms with van der Waals surface area (Å²) in [5, 5.41) is 10.8. The van der Waals surface area contributed by atoms with Crippen molar-refractivity contribution in [1.29, 1.82) is 0 Å². The summed E-state index contributed by atoms with van der Waals surface area (Å²) in [5.41, 5.74) is 3.05. The van der Waals surface area contributed by atoms with Gasteiger partial charge in [0.05, 0.1) is 46.2 Å². The SMILES string of the molecule is OC[C@]1(COCc2ccccc2)O[C@H](COCc2ccccc2)[C@@H](OCc2ccccc2)[C@@H]1OCc1ccccc1. The summed E-state index contributed by atoms with van der Waals surface area (Å²) in [7, 11) is 0. The van der Waals surface area contributed by atoms with Crippen LogP contribution in [0.2, 0.25) is 0 Å². The highest BCUT2D eigenvalue weighted by molar-refractivity contribution is 5.17. The fourth-order valence-corrected chi connectivity index (χ4v) is 5.10. The van der Waals surface area contributed by atoms with E-state index in [0.29, 0.717) is 26.4 Å². The van der Waals surface area contributed by atoms with Crippen molar-refractivity contribution in [3.05, 3.63) is 144 Å². The zero-order valence-corrected chi connectivity index (χ0v) is 23.2. The van der Waals surface area contributed by atoms with Crippen molar-refractivity contribution in [2.75, 3.05) is 19.8 Å². The van der Waals surface area contributed by atoms with Crippen LogP contribution in [0.4, 0.5) is 0 Å². The Bertz CT molecular complexity index is 1270. The summed E-state index contributed by atoms with van der Waals surface area (Å²) in [6.45, 7) is 1.68. The van der Waals surface area contributed by atoms with Gasteiger partial charge in [-0.25, -0.2) is 0 Å². The molecular formula is C35H38O6. The number of hydrogen-bond acceptors (Lipinski definition) is 6. The summed E-state index contributed by atoms with van der Waals surface area (Å²) in [4.78, 5) is 0. The predicted molar refractivity (Wildman–Crippen MR) is 157 cm³/mol. The maximum atomic E-state index is 10.8. The topological polar surface area (TPSA) is 66.4 Å². The highest BCUT2D eigenvalue weighted by atomic mass is 16.6. The third-order valence-corrected chi connectivity index (χ3v) is 7.25. The highest BCUT2D eigenvalue weighted by Gasteiger charge is 2.57. The van der Waals surface area contributed by atoms with Crippen LogP contribution in [0.3, 0.4) is 0 Å². The van der Waals surface area contributed by atoms with E-state index in [0.717, 1.165) is 22.3 Å². The molecule has 1 aliphatic rings. The molecule has 0 aromatic heterocycles. The lowest BCUT2D eigenvalue weighted by molar-refractivity contribution is -0.172. The zero-order chi connectivity index (χ0) is 28.2. The first-order chi connectivity index (χ1) is 20.3. The van der Waals surface area contributed by atoms with Gasteiger partial charge in [-0.3, -0.25) is 0 Å². The van der Waals surface area contributed by atoms with E-state index in [2.05, 4.69) is 0 Å². The van der Waals surface area contributed by atoms with E-state index in [1.807, 2.05) is 121 Å². The van der Waals surface area contributed by atoms with Crippen LogP contribution in [0.25, 0.3) is 0 Å². The number of rotatable bonds is 15. The molecule has 6 nitrogen and oxygen atoms in total. The predicted octanol–water partition coefficient (Wildman–Crippen LogP) is 5.72. The van der Waals surface area contributed by atoms with Crippen LogP contribution in [0, 0.1) is 0 Å². The Labute approximate surface area is 242 Å².